The second kappa shape index (κ2) is 4.01. The van der Waals surface area contributed by atoms with Gasteiger partial charge in [0.15, 0.2) is 0 Å². The number of nitrogens with zero attached hydrogens (tertiary/aromatic N) is 1. The SMILES string of the molecule is C=C(Cl)CSc1nccs1. The lowest BCUT2D eigenvalue weighted by molar-refractivity contribution is 1.25. The number of halogens is 1. The van der Waals surface area contributed by atoms with E-state index in [-0.39, 0.29) is 0 Å². The van der Waals surface area contributed by atoms with E-state index in [0.29, 0.717) is 5.03 Å². The number of hydrogen-bond acceptors (Lipinski definition) is 3. The second-order valence-corrected chi connectivity index (χ2v) is 4.26. The van der Waals surface area contributed by atoms with Gasteiger partial charge in [0.25, 0.3) is 0 Å². The Labute approximate surface area is 73.1 Å². The topological polar surface area (TPSA) is 12.9 Å². The molecule has 0 fully saturated rings. The van der Waals surface area contributed by atoms with Crippen molar-refractivity contribution in [3.05, 3.63) is 23.2 Å². The normalized spacial score (nSPS) is 9.70. The summed E-state index contributed by atoms with van der Waals surface area (Å²) < 4.78 is 1.04. The van der Waals surface area contributed by atoms with Crippen LogP contribution in [-0.4, -0.2) is 10.7 Å². The second-order valence-electron chi connectivity index (χ2n) is 1.60. The molecule has 0 aliphatic rings. The Morgan fingerprint density at radius 3 is 3.20 bits per heavy atom. The van der Waals surface area contributed by atoms with E-state index >= 15 is 0 Å². The summed E-state index contributed by atoms with van der Waals surface area (Å²) in [5, 5.41) is 2.61. The van der Waals surface area contributed by atoms with E-state index in [1.54, 1.807) is 29.3 Å². The molecule has 0 bridgehead atoms. The zero-order valence-electron chi connectivity index (χ0n) is 5.21. The molecule has 54 valence electrons. The van der Waals surface area contributed by atoms with Crippen LogP contribution in [0.2, 0.25) is 0 Å². The van der Waals surface area contributed by atoms with E-state index < -0.39 is 0 Å². The molecule has 4 heteroatoms. The lowest BCUT2D eigenvalue weighted by atomic mass is 10.7. The summed E-state index contributed by atoms with van der Waals surface area (Å²) in [6.07, 6.45) is 1.78. The van der Waals surface area contributed by atoms with Crippen LogP contribution in [0.1, 0.15) is 0 Å². The molecular weight excluding hydrogens is 186 g/mol. The Balaban J connectivity index is 2.35. The van der Waals surface area contributed by atoms with E-state index in [1.807, 2.05) is 5.38 Å². The molecule has 1 heterocycles. The van der Waals surface area contributed by atoms with Crippen molar-refractivity contribution >= 4 is 34.7 Å². The summed E-state index contributed by atoms with van der Waals surface area (Å²) in [6, 6.07) is 0. The first kappa shape index (κ1) is 8.11. The van der Waals surface area contributed by atoms with Gasteiger partial charge in [0.2, 0.25) is 0 Å². The summed E-state index contributed by atoms with van der Waals surface area (Å²) in [5.41, 5.74) is 0. The van der Waals surface area contributed by atoms with Gasteiger partial charge in [0.05, 0.1) is 0 Å². The Morgan fingerprint density at radius 1 is 1.90 bits per heavy atom. The molecule has 1 nitrogen and oxygen atoms in total. The summed E-state index contributed by atoms with van der Waals surface area (Å²) in [5.74, 6) is 0.745. The van der Waals surface area contributed by atoms with Crippen molar-refractivity contribution in [2.24, 2.45) is 0 Å². The summed E-state index contributed by atoms with van der Waals surface area (Å²) in [7, 11) is 0. The molecule has 0 aromatic carbocycles. The van der Waals surface area contributed by atoms with Crippen molar-refractivity contribution in [2.75, 3.05) is 5.75 Å². The highest BCUT2D eigenvalue weighted by Crippen LogP contribution is 2.22. The number of rotatable bonds is 3. The zero-order chi connectivity index (χ0) is 7.40. The molecule has 0 aliphatic heterocycles. The van der Waals surface area contributed by atoms with Gasteiger partial charge in [-0.15, -0.1) is 11.3 Å². The van der Waals surface area contributed by atoms with E-state index in [1.165, 1.54) is 0 Å². The minimum absolute atomic E-state index is 0.667. The van der Waals surface area contributed by atoms with Gasteiger partial charge < -0.3 is 0 Å². The van der Waals surface area contributed by atoms with Crippen LogP contribution in [0.5, 0.6) is 0 Å². The van der Waals surface area contributed by atoms with Gasteiger partial charge in [-0.2, -0.15) is 0 Å². The van der Waals surface area contributed by atoms with Crippen molar-refractivity contribution in [2.45, 2.75) is 4.34 Å². The van der Waals surface area contributed by atoms with Gasteiger partial charge in [0.1, 0.15) is 4.34 Å². The van der Waals surface area contributed by atoms with Gasteiger partial charge in [-0.25, -0.2) is 4.98 Å². The monoisotopic (exact) mass is 191 g/mol. The summed E-state index contributed by atoms with van der Waals surface area (Å²) in [6.45, 7) is 3.58. The average Bonchev–Trinajstić information content (AvgIpc) is 2.34. The van der Waals surface area contributed by atoms with E-state index in [2.05, 4.69) is 11.6 Å². The van der Waals surface area contributed by atoms with E-state index in [0.717, 1.165) is 10.1 Å². The van der Waals surface area contributed by atoms with E-state index in [9.17, 15) is 0 Å². The van der Waals surface area contributed by atoms with Crippen LogP contribution in [0.25, 0.3) is 0 Å². The van der Waals surface area contributed by atoms with Gasteiger partial charge in [-0.05, 0) is 0 Å². The minimum Gasteiger partial charge on any atom is -0.238 e. The number of thioether (sulfide) groups is 1. The zero-order valence-corrected chi connectivity index (χ0v) is 7.60. The summed E-state index contributed by atoms with van der Waals surface area (Å²) >= 11 is 8.78. The van der Waals surface area contributed by atoms with Crippen LogP contribution in [0, 0.1) is 0 Å². The fraction of sp³-hybridized carbons (Fsp3) is 0.167. The van der Waals surface area contributed by atoms with Crippen molar-refractivity contribution in [3.8, 4) is 0 Å². The van der Waals surface area contributed by atoms with Crippen molar-refractivity contribution < 1.29 is 0 Å². The first-order chi connectivity index (χ1) is 4.79. The molecule has 0 radical (unpaired) electrons. The van der Waals surface area contributed by atoms with Crippen LogP contribution in [0.3, 0.4) is 0 Å². The standard InChI is InChI=1S/C6H6ClNS2/c1-5(7)4-10-6-8-2-3-9-6/h2-3H,1,4H2. The number of hydrogen-bond donors (Lipinski definition) is 0. The molecule has 0 unspecified atom stereocenters. The van der Waals surface area contributed by atoms with Crippen LogP contribution >= 0.6 is 34.7 Å². The predicted octanol–water partition coefficient (Wildman–Crippen LogP) is 2.99. The Kier molecular flexibility index (Phi) is 3.25. The molecule has 1 aromatic heterocycles. The fourth-order valence-corrected chi connectivity index (χ4v) is 1.98. The molecule has 0 saturated carbocycles. The van der Waals surface area contributed by atoms with Crippen LogP contribution < -0.4 is 0 Å². The number of thiazole rings is 1. The van der Waals surface area contributed by atoms with Gasteiger partial charge in [-0.3, -0.25) is 0 Å². The van der Waals surface area contributed by atoms with Gasteiger partial charge >= 0.3 is 0 Å². The Bertz CT molecular complexity index is 208. The van der Waals surface area contributed by atoms with Gasteiger partial charge in [0, 0.05) is 22.4 Å². The highest BCUT2D eigenvalue weighted by atomic mass is 35.5. The minimum atomic E-state index is 0.667. The highest BCUT2D eigenvalue weighted by molar-refractivity contribution is 8.01. The van der Waals surface area contributed by atoms with E-state index in [4.69, 9.17) is 11.6 Å². The first-order valence-electron chi connectivity index (χ1n) is 2.64. The molecule has 1 rings (SSSR count). The fourth-order valence-electron chi connectivity index (χ4n) is 0.422. The van der Waals surface area contributed by atoms with Gasteiger partial charge in [-0.1, -0.05) is 29.9 Å². The van der Waals surface area contributed by atoms with Crippen molar-refractivity contribution in [3.63, 3.8) is 0 Å². The molecule has 10 heavy (non-hydrogen) atoms. The third-order valence-electron chi connectivity index (χ3n) is 0.762. The first-order valence-corrected chi connectivity index (χ1v) is 4.89. The molecule has 0 aliphatic carbocycles. The molecule has 0 spiro atoms. The van der Waals surface area contributed by atoms with Crippen LogP contribution in [-0.2, 0) is 0 Å². The average molecular weight is 192 g/mol. The molecule has 0 atom stereocenters. The molecular formula is C6H6ClNS2. The maximum Gasteiger partial charge on any atom is 0.150 e. The van der Waals surface area contributed by atoms with Crippen molar-refractivity contribution in [1.82, 2.24) is 4.98 Å². The smallest absolute Gasteiger partial charge is 0.150 e. The lowest BCUT2D eigenvalue weighted by Gasteiger charge is -1.91. The molecule has 0 saturated heterocycles. The maximum atomic E-state index is 5.56. The quantitative estimate of drug-likeness (QED) is 0.682. The largest absolute Gasteiger partial charge is 0.238 e. The Morgan fingerprint density at radius 2 is 2.70 bits per heavy atom. The highest BCUT2D eigenvalue weighted by Gasteiger charge is 1.95. The molecule has 1 aromatic rings. The molecule has 0 N–H and O–H groups in total. The third-order valence-corrected chi connectivity index (χ3v) is 3.11. The number of aromatic nitrogens is 1. The molecule has 0 amide bonds. The Hall–Kier alpha value is 0.01000. The third kappa shape index (κ3) is 2.73. The predicted molar refractivity (Wildman–Crippen MR) is 47.8 cm³/mol. The lowest BCUT2D eigenvalue weighted by Crippen LogP contribution is -1.74. The van der Waals surface area contributed by atoms with Crippen molar-refractivity contribution in [1.29, 1.82) is 0 Å². The van der Waals surface area contributed by atoms with Crippen LogP contribution in [0.15, 0.2) is 27.5 Å². The van der Waals surface area contributed by atoms with Crippen LogP contribution in [0.4, 0.5) is 0 Å². The summed E-state index contributed by atoms with van der Waals surface area (Å²) in [4.78, 5) is 4.07. The maximum absolute atomic E-state index is 5.56.